The first-order valence-corrected chi connectivity index (χ1v) is 4.60. The molecule has 0 atom stereocenters. The number of carbonyl (C=O) groups excluding carboxylic acids is 1. The number of carbonyl (C=O) groups is 1. The number of hydrogen-bond acceptors (Lipinski definition) is 6. The maximum atomic E-state index is 11.4. The van der Waals surface area contributed by atoms with Gasteiger partial charge in [0.15, 0.2) is 11.5 Å². The Morgan fingerprint density at radius 3 is 2.53 bits per heavy atom. The molecule has 0 fully saturated rings. The van der Waals surface area contributed by atoms with E-state index in [2.05, 4.69) is 0 Å². The van der Waals surface area contributed by atoms with Gasteiger partial charge in [-0.2, -0.15) is 0 Å². The van der Waals surface area contributed by atoms with Crippen molar-refractivity contribution in [1.29, 1.82) is 0 Å². The summed E-state index contributed by atoms with van der Waals surface area (Å²) < 4.78 is 9.77. The zero-order chi connectivity index (χ0) is 13.0. The number of methoxy groups -OCH3 is 2. The Labute approximate surface area is 96.7 Å². The van der Waals surface area contributed by atoms with Gasteiger partial charge in [0.2, 0.25) is 11.5 Å². The topological polar surface area (TPSA) is 98.9 Å². The van der Waals surface area contributed by atoms with Gasteiger partial charge in [0.05, 0.1) is 19.8 Å². The van der Waals surface area contributed by atoms with Crippen LogP contribution in [-0.4, -0.2) is 36.6 Å². The number of benzene rings is 1. The van der Waals surface area contributed by atoms with Crippen LogP contribution in [0.25, 0.3) is 0 Å². The lowest BCUT2D eigenvalue weighted by Gasteiger charge is -2.11. The first kappa shape index (κ1) is 12.8. The Bertz CT molecular complexity index is 456. The standard InChI is InChI=1S/C10H11NO6/c1-16-8-4-3-6(7(12)5-11(14)15)9(13)10(8)17-2/h3-4,13H,5H2,1-2H3. The fraction of sp³-hybridized carbons (Fsp3) is 0.300. The summed E-state index contributed by atoms with van der Waals surface area (Å²) in [5.74, 6) is -1.04. The maximum absolute atomic E-state index is 11.4. The Morgan fingerprint density at radius 1 is 1.41 bits per heavy atom. The number of Topliss-reactive ketones (excluding diaryl/α,β-unsaturated/α-hetero) is 1. The van der Waals surface area contributed by atoms with Crippen LogP contribution in [0.2, 0.25) is 0 Å². The second kappa shape index (κ2) is 5.15. The minimum atomic E-state index is -0.886. The molecule has 0 aliphatic rings. The lowest BCUT2D eigenvalue weighted by atomic mass is 10.1. The van der Waals surface area contributed by atoms with Gasteiger partial charge in [-0.05, 0) is 12.1 Å². The molecule has 0 radical (unpaired) electrons. The van der Waals surface area contributed by atoms with Crippen LogP contribution in [0.3, 0.4) is 0 Å². The first-order chi connectivity index (χ1) is 8.01. The van der Waals surface area contributed by atoms with Crippen molar-refractivity contribution in [2.75, 3.05) is 20.8 Å². The SMILES string of the molecule is COc1ccc(C(=O)C[N+](=O)[O-])c(O)c1OC. The van der Waals surface area contributed by atoms with E-state index in [-0.39, 0.29) is 17.1 Å². The van der Waals surface area contributed by atoms with Crippen LogP contribution in [0, 0.1) is 10.1 Å². The normalized spacial score (nSPS) is 9.76. The van der Waals surface area contributed by atoms with Crippen LogP contribution in [-0.2, 0) is 0 Å². The fourth-order valence-electron chi connectivity index (χ4n) is 1.34. The molecule has 17 heavy (non-hydrogen) atoms. The van der Waals surface area contributed by atoms with Gasteiger partial charge in [0.25, 0.3) is 6.54 Å². The predicted molar refractivity (Wildman–Crippen MR) is 57.4 cm³/mol. The molecule has 1 aromatic carbocycles. The molecular weight excluding hydrogens is 230 g/mol. The number of aromatic hydroxyl groups is 1. The third kappa shape index (κ3) is 2.63. The molecule has 1 N–H and O–H groups in total. The minimum Gasteiger partial charge on any atom is -0.504 e. The summed E-state index contributed by atoms with van der Waals surface area (Å²) in [7, 11) is 2.66. The molecule has 0 bridgehead atoms. The summed E-state index contributed by atoms with van der Waals surface area (Å²) >= 11 is 0. The molecule has 92 valence electrons. The van der Waals surface area contributed by atoms with Crippen molar-refractivity contribution in [3.8, 4) is 17.2 Å². The molecule has 7 nitrogen and oxygen atoms in total. The summed E-state index contributed by atoms with van der Waals surface area (Å²) in [5.41, 5.74) is -0.167. The van der Waals surface area contributed by atoms with Crippen LogP contribution in [0.4, 0.5) is 0 Å². The van der Waals surface area contributed by atoms with Crippen molar-refractivity contribution in [2.24, 2.45) is 0 Å². The van der Waals surface area contributed by atoms with E-state index < -0.39 is 23.0 Å². The summed E-state index contributed by atoms with van der Waals surface area (Å²) in [5, 5.41) is 20.0. The summed E-state index contributed by atoms with van der Waals surface area (Å²) in [6.45, 7) is -0.886. The van der Waals surface area contributed by atoms with Gasteiger partial charge in [0, 0.05) is 4.92 Å². The van der Waals surface area contributed by atoms with Gasteiger partial charge >= 0.3 is 0 Å². The lowest BCUT2D eigenvalue weighted by Crippen LogP contribution is -2.14. The molecule has 0 unspecified atom stereocenters. The molecule has 0 aromatic heterocycles. The monoisotopic (exact) mass is 241 g/mol. The number of phenols is 1. The van der Waals surface area contributed by atoms with E-state index in [0.29, 0.717) is 0 Å². The highest BCUT2D eigenvalue weighted by Gasteiger charge is 2.21. The van der Waals surface area contributed by atoms with E-state index in [9.17, 15) is 20.0 Å². The number of hydrogen-bond donors (Lipinski definition) is 1. The third-order valence-electron chi connectivity index (χ3n) is 2.09. The van der Waals surface area contributed by atoms with E-state index in [1.165, 1.54) is 26.4 Å². The summed E-state index contributed by atoms with van der Waals surface area (Å²) in [4.78, 5) is 20.9. The highest BCUT2D eigenvalue weighted by atomic mass is 16.6. The fourth-order valence-corrected chi connectivity index (χ4v) is 1.34. The number of rotatable bonds is 5. The Kier molecular flexibility index (Phi) is 3.86. The molecule has 0 saturated heterocycles. The van der Waals surface area contributed by atoms with E-state index >= 15 is 0 Å². The van der Waals surface area contributed by atoms with Crippen molar-refractivity contribution in [3.63, 3.8) is 0 Å². The van der Waals surface area contributed by atoms with Gasteiger partial charge in [-0.25, -0.2) is 0 Å². The first-order valence-electron chi connectivity index (χ1n) is 4.60. The van der Waals surface area contributed by atoms with E-state index in [0.717, 1.165) is 0 Å². The van der Waals surface area contributed by atoms with Crippen molar-refractivity contribution < 1.29 is 24.3 Å². The number of nitrogens with zero attached hydrogens (tertiary/aromatic N) is 1. The van der Waals surface area contributed by atoms with E-state index in [4.69, 9.17) is 9.47 Å². The van der Waals surface area contributed by atoms with Crippen molar-refractivity contribution >= 4 is 5.78 Å². The molecule has 1 aromatic rings. The summed E-state index contributed by atoms with van der Waals surface area (Å²) in [6.07, 6.45) is 0. The van der Waals surface area contributed by atoms with Gasteiger partial charge in [-0.15, -0.1) is 0 Å². The van der Waals surface area contributed by atoms with E-state index in [1.54, 1.807) is 0 Å². The third-order valence-corrected chi connectivity index (χ3v) is 2.09. The van der Waals surface area contributed by atoms with Gasteiger partial charge in [-0.3, -0.25) is 14.9 Å². The van der Waals surface area contributed by atoms with Gasteiger partial charge in [-0.1, -0.05) is 0 Å². The van der Waals surface area contributed by atoms with Gasteiger partial charge < -0.3 is 14.6 Å². The van der Waals surface area contributed by atoms with Crippen molar-refractivity contribution in [3.05, 3.63) is 27.8 Å². The molecule has 0 spiro atoms. The van der Waals surface area contributed by atoms with Crippen LogP contribution in [0.1, 0.15) is 10.4 Å². The van der Waals surface area contributed by atoms with Crippen LogP contribution in [0.5, 0.6) is 17.2 Å². The minimum absolute atomic E-state index is 0.0262. The smallest absolute Gasteiger partial charge is 0.265 e. The molecule has 1 rings (SSSR count). The molecule has 0 aliphatic heterocycles. The van der Waals surface area contributed by atoms with Crippen molar-refractivity contribution in [2.45, 2.75) is 0 Å². The highest BCUT2D eigenvalue weighted by molar-refractivity contribution is 6.00. The highest BCUT2D eigenvalue weighted by Crippen LogP contribution is 2.38. The zero-order valence-corrected chi connectivity index (χ0v) is 9.30. The zero-order valence-electron chi connectivity index (χ0n) is 9.30. The number of nitro groups is 1. The average Bonchev–Trinajstić information content (AvgIpc) is 2.27. The molecule has 0 aliphatic carbocycles. The van der Waals surface area contributed by atoms with Crippen LogP contribution < -0.4 is 9.47 Å². The lowest BCUT2D eigenvalue weighted by molar-refractivity contribution is -0.465. The predicted octanol–water partition coefficient (Wildman–Crippen LogP) is 0.869. The molecule has 7 heteroatoms. The Hall–Kier alpha value is -2.31. The Balaban J connectivity index is 3.19. The van der Waals surface area contributed by atoms with Crippen molar-refractivity contribution in [1.82, 2.24) is 0 Å². The van der Waals surface area contributed by atoms with Gasteiger partial charge in [0.1, 0.15) is 0 Å². The molecule has 0 amide bonds. The number of ketones is 1. The largest absolute Gasteiger partial charge is 0.504 e. The average molecular weight is 241 g/mol. The summed E-state index contributed by atoms with van der Waals surface area (Å²) in [6, 6.07) is 2.65. The number of ether oxygens (including phenoxy) is 2. The molecule has 0 heterocycles. The maximum Gasteiger partial charge on any atom is 0.265 e. The second-order valence-electron chi connectivity index (χ2n) is 3.11. The number of phenolic OH excluding ortho intramolecular Hbond substituents is 1. The Morgan fingerprint density at radius 2 is 2.06 bits per heavy atom. The quantitative estimate of drug-likeness (QED) is 0.466. The second-order valence-corrected chi connectivity index (χ2v) is 3.11. The van der Waals surface area contributed by atoms with Crippen LogP contribution >= 0.6 is 0 Å². The van der Waals surface area contributed by atoms with Crippen LogP contribution in [0.15, 0.2) is 12.1 Å². The molecular formula is C10H11NO6. The molecule has 0 saturated carbocycles. The van der Waals surface area contributed by atoms with E-state index in [1.807, 2.05) is 0 Å².